The summed E-state index contributed by atoms with van der Waals surface area (Å²) in [6.07, 6.45) is 7.01. The van der Waals surface area contributed by atoms with Crippen molar-refractivity contribution in [1.29, 1.82) is 0 Å². The Morgan fingerprint density at radius 1 is 0.417 bits per heavy atom. The largest absolute Gasteiger partial charge is 0.310 e. The first-order valence-corrected chi connectivity index (χ1v) is 22.4. The number of benzene rings is 8. The maximum absolute atomic E-state index is 2.64. The Balaban J connectivity index is 0.962. The van der Waals surface area contributed by atoms with E-state index in [4.69, 9.17) is 0 Å². The predicted octanol–water partition coefficient (Wildman–Crippen LogP) is 15.7. The number of anilines is 3. The highest BCUT2D eigenvalue weighted by Gasteiger charge is 2.61. The Morgan fingerprint density at radius 2 is 0.950 bits per heavy atom. The third-order valence-corrected chi connectivity index (χ3v) is 16.0. The minimum atomic E-state index is -0.0923. The van der Waals surface area contributed by atoms with E-state index in [1.165, 1.54) is 116 Å². The molecule has 0 aromatic heterocycles. The summed E-state index contributed by atoms with van der Waals surface area (Å²) in [5.74, 6) is 3.28. The number of nitrogens with zero attached hydrogens (tertiary/aromatic N) is 1. The molecule has 8 aromatic rings. The number of hydrogen-bond donors (Lipinski definition) is 0. The molecule has 290 valence electrons. The molecule has 0 radical (unpaired) electrons. The summed E-state index contributed by atoms with van der Waals surface area (Å²) in [6.45, 7) is 4.78. The lowest BCUT2D eigenvalue weighted by Crippen LogP contribution is -2.55. The molecule has 14 rings (SSSR count). The Bertz CT molecular complexity index is 3000. The maximum Gasteiger partial charge on any atom is 0.0540 e. The molecule has 0 unspecified atom stereocenters. The van der Waals surface area contributed by atoms with Crippen molar-refractivity contribution in [2.75, 3.05) is 4.90 Å². The molecule has 6 aliphatic carbocycles. The van der Waals surface area contributed by atoms with Crippen molar-refractivity contribution in [2.24, 2.45) is 23.7 Å². The molecule has 8 aromatic carbocycles. The smallest absolute Gasteiger partial charge is 0.0540 e. The van der Waals surface area contributed by atoms with Crippen LogP contribution < -0.4 is 4.90 Å². The van der Waals surface area contributed by atoms with Crippen molar-refractivity contribution in [3.63, 3.8) is 0 Å². The zero-order valence-electron chi connectivity index (χ0n) is 34.5. The van der Waals surface area contributed by atoms with Gasteiger partial charge in [-0.15, -0.1) is 0 Å². The SMILES string of the molecule is CC1(C)c2ccccc2-c2cccc(-c3ccccc3-c3ccc(N(c4ccc5c(c4)C4(c6ccccc6-5)C5CC6CC(C5)CC4C6)c4cccc5ccccc45)cc3)c21. The molecule has 0 heterocycles. The minimum absolute atomic E-state index is 0.0923. The first-order chi connectivity index (χ1) is 29.5. The zero-order chi connectivity index (χ0) is 39.7. The molecule has 4 saturated carbocycles. The first-order valence-electron chi connectivity index (χ1n) is 22.4. The van der Waals surface area contributed by atoms with Gasteiger partial charge in [0.25, 0.3) is 0 Å². The van der Waals surface area contributed by atoms with E-state index in [0.717, 1.165) is 23.7 Å². The van der Waals surface area contributed by atoms with Gasteiger partial charge in [0.1, 0.15) is 0 Å². The van der Waals surface area contributed by atoms with E-state index in [0.29, 0.717) is 0 Å². The average molecular weight is 772 g/mol. The summed E-state index contributed by atoms with van der Waals surface area (Å²) in [6, 6.07) is 67.0. The van der Waals surface area contributed by atoms with E-state index in [2.05, 4.69) is 195 Å². The molecule has 6 aliphatic rings. The van der Waals surface area contributed by atoms with Crippen molar-refractivity contribution < 1.29 is 0 Å². The summed E-state index contributed by atoms with van der Waals surface area (Å²) < 4.78 is 0. The van der Waals surface area contributed by atoms with Gasteiger partial charge in [0, 0.05) is 27.6 Å². The number of fused-ring (bicyclic) bond motifs is 7. The molecule has 0 amide bonds. The molecule has 0 aliphatic heterocycles. The van der Waals surface area contributed by atoms with Gasteiger partial charge in [-0.1, -0.05) is 159 Å². The van der Waals surface area contributed by atoms with Crippen LogP contribution in [0.15, 0.2) is 176 Å². The molecule has 0 saturated heterocycles. The molecule has 1 nitrogen and oxygen atoms in total. The standard InChI is InChI=1S/C59H49N/c1-58(2)53-22-9-7-19-49(53)52-21-12-20-51(57(52)58)47-17-6-5-15-45(47)40-25-27-43(28-26-40)60(56-24-11-14-39-13-3-4-16-46(39)56)44-29-30-50-48-18-8-10-23-54(48)59(55(50)36-44)41-32-37-31-38(34-41)35-42(59)33-37/h3-30,36-38,41-42H,31-35H2,1-2H3. The van der Waals surface area contributed by atoms with Crippen LogP contribution in [0.3, 0.4) is 0 Å². The second-order valence-electron chi connectivity index (χ2n) is 19.3. The van der Waals surface area contributed by atoms with Gasteiger partial charge in [0.15, 0.2) is 0 Å². The van der Waals surface area contributed by atoms with Gasteiger partial charge in [-0.2, -0.15) is 0 Å². The fraction of sp³-hybridized carbons (Fsp3) is 0.220. The van der Waals surface area contributed by atoms with Gasteiger partial charge in [-0.25, -0.2) is 0 Å². The van der Waals surface area contributed by atoms with Crippen molar-refractivity contribution in [1.82, 2.24) is 0 Å². The van der Waals surface area contributed by atoms with Crippen molar-refractivity contribution in [3.8, 4) is 44.5 Å². The van der Waals surface area contributed by atoms with Crippen LogP contribution in [0.25, 0.3) is 55.3 Å². The molecule has 0 N–H and O–H groups in total. The summed E-state index contributed by atoms with van der Waals surface area (Å²) in [5, 5.41) is 2.53. The van der Waals surface area contributed by atoms with Crippen LogP contribution in [-0.4, -0.2) is 0 Å². The quantitative estimate of drug-likeness (QED) is 0.168. The van der Waals surface area contributed by atoms with Crippen LogP contribution in [0.1, 0.15) is 68.2 Å². The third kappa shape index (κ3) is 4.70. The van der Waals surface area contributed by atoms with Gasteiger partial charge in [-0.3, -0.25) is 0 Å². The highest BCUT2D eigenvalue weighted by Crippen LogP contribution is 2.69. The van der Waals surface area contributed by atoms with E-state index in [1.807, 2.05) is 0 Å². The van der Waals surface area contributed by atoms with Crippen molar-refractivity contribution in [2.45, 2.75) is 56.8 Å². The molecular weight excluding hydrogens is 723 g/mol. The lowest BCUT2D eigenvalue weighted by Gasteiger charge is -2.61. The predicted molar refractivity (Wildman–Crippen MR) is 250 cm³/mol. The maximum atomic E-state index is 2.64. The molecule has 4 bridgehead atoms. The fourth-order valence-electron chi connectivity index (χ4n) is 13.9. The van der Waals surface area contributed by atoms with Gasteiger partial charge >= 0.3 is 0 Å². The molecular formula is C59H49N. The summed E-state index contributed by atoms with van der Waals surface area (Å²) in [4.78, 5) is 2.55. The summed E-state index contributed by atoms with van der Waals surface area (Å²) in [7, 11) is 0. The third-order valence-electron chi connectivity index (χ3n) is 16.0. The minimum Gasteiger partial charge on any atom is -0.310 e. The Hall–Kier alpha value is -6.18. The van der Waals surface area contributed by atoms with Gasteiger partial charge in [0.2, 0.25) is 0 Å². The average Bonchev–Trinajstić information content (AvgIpc) is 3.71. The van der Waals surface area contributed by atoms with Crippen LogP contribution in [0.5, 0.6) is 0 Å². The molecule has 1 spiro atoms. The second-order valence-corrected chi connectivity index (χ2v) is 19.3. The Kier molecular flexibility index (Phi) is 7.32. The van der Waals surface area contributed by atoms with Gasteiger partial charge in [0.05, 0.1) is 5.69 Å². The second kappa shape index (κ2) is 12.7. The van der Waals surface area contributed by atoms with E-state index in [9.17, 15) is 0 Å². The number of rotatable bonds is 5. The van der Waals surface area contributed by atoms with Crippen LogP contribution in [-0.2, 0) is 10.8 Å². The fourth-order valence-corrected chi connectivity index (χ4v) is 13.9. The summed E-state index contributed by atoms with van der Waals surface area (Å²) >= 11 is 0. The van der Waals surface area contributed by atoms with Crippen molar-refractivity contribution >= 4 is 27.8 Å². The van der Waals surface area contributed by atoms with E-state index in [-0.39, 0.29) is 10.8 Å². The van der Waals surface area contributed by atoms with Gasteiger partial charge < -0.3 is 4.90 Å². The summed E-state index contributed by atoms with van der Waals surface area (Å²) in [5.41, 5.74) is 20.5. The highest BCUT2D eigenvalue weighted by molar-refractivity contribution is 6.00. The molecule has 60 heavy (non-hydrogen) atoms. The molecule has 1 heteroatoms. The molecule has 4 fully saturated rings. The van der Waals surface area contributed by atoms with Crippen LogP contribution >= 0.6 is 0 Å². The van der Waals surface area contributed by atoms with E-state index >= 15 is 0 Å². The number of hydrogen-bond acceptors (Lipinski definition) is 1. The Morgan fingerprint density at radius 3 is 1.70 bits per heavy atom. The Labute approximate surface area is 354 Å². The normalized spacial score (nSPS) is 23.4. The van der Waals surface area contributed by atoms with E-state index in [1.54, 1.807) is 11.1 Å². The lowest BCUT2D eigenvalue weighted by molar-refractivity contribution is -0.0399. The topological polar surface area (TPSA) is 3.24 Å². The highest BCUT2D eigenvalue weighted by atomic mass is 15.1. The molecule has 0 atom stereocenters. The first kappa shape index (κ1) is 34.7. The lowest BCUT2D eigenvalue weighted by atomic mass is 9.43. The zero-order valence-corrected chi connectivity index (χ0v) is 34.5. The van der Waals surface area contributed by atoms with Crippen LogP contribution in [0, 0.1) is 23.7 Å². The van der Waals surface area contributed by atoms with Crippen LogP contribution in [0.4, 0.5) is 17.1 Å². The van der Waals surface area contributed by atoms with Crippen LogP contribution in [0.2, 0.25) is 0 Å². The van der Waals surface area contributed by atoms with Crippen molar-refractivity contribution in [3.05, 3.63) is 198 Å². The monoisotopic (exact) mass is 771 g/mol. The van der Waals surface area contributed by atoms with Gasteiger partial charge in [-0.05, 0) is 158 Å². The van der Waals surface area contributed by atoms with E-state index < -0.39 is 0 Å².